The first-order valence-corrected chi connectivity index (χ1v) is 6.46. The van der Waals surface area contributed by atoms with Crippen LogP contribution in [0.15, 0.2) is 46.2 Å². The highest BCUT2D eigenvalue weighted by molar-refractivity contribution is 8.69. The van der Waals surface area contributed by atoms with Crippen molar-refractivity contribution in [1.82, 2.24) is 0 Å². The molecule has 3 heteroatoms. The molecule has 0 radical (unpaired) electrons. The highest BCUT2D eigenvalue weighted by atomic mass is 33.1. The summed E-state index contributed by atoms with van der Waals surface area (Å²) in [7, 11) is 0.552. The minimum atomic E-state index is -0.890. The maximum atomic E-state index is 11.6. The summed E-state index contributed by atoms with van der Waals surface area (Å²) >= 11 is 0. The van der Waals surface area contributed by atoms with Crippen molar-refractivity contribution >= 4 is 31.4 Å². The van der Waals surface area contributed by atoms with Crippen LogP contribution in [0.1, 0.15) is 0 Å². The van der Waals surface area contributed by atoms with Gasteiger partial charge < -0.3 is 0 Å². The molecular weight excluding hydrogens is 200 g/mol. The second kappa shape index (κ2) is 2.59. The van der Waals surface area contributed by atoms with E-state index in [1.165, 1.54) is 21.6 Å². The molecule has 3 rings (SSSR count). The van der Waals surface area contributed by atoms with Crippen molar-refractivity contribution in [2.24, 2.45) is 0 Å². The van der Waals surface area contributed by atoms with Gasteiger partial charge in [-0.15, -0.1) is 0 Å². The maximum Gasteiger partial charge on any atom is 0.118 e. The van der Waals surface area contributed by atoms with Crippen molar-refractivity contribution in [3.63, 3.8) is 0 Å². The van der Waals surface area contributed by atoms with Crippen LogP contribution in [0, 0.1) is 0 Å². The molecule has 64 valence electrons. The molecule has 1 atom stereocenters. The molecule has 0 aromatic heterocycles. The minimum absolute atomic E-state index is 0.890. The number of benzene rings is 2. The van der Waals surface area contributed by atoms with Crippen molar-refractivity contribution in [1.29, 1.82) is 0 Å². The standard InChI is InChI=1S/C10H6OS2/c11-13-9-6-2-4-7-3-1-5-8(12-13)10(7)9/h1-6H. The Morgan fingerprint density at radius 2 is 1.85 bits per heavy atom. The zero-order chi connectivity index (χ0) is 8.84. The average molecular weight is 206 g/mol. The molecule has 1 aliphatic rings. The summed E-state index contributed by atoms with van der Waals surface area (Å²) in [6, 6.07) is 12.1. The van der Waals surface area contributed by atoms with Gasteiger partial charge in [-0.2, -0.15) is 0 Å². The van der Waals surface area contributed by atoms with Crippen LogP contribution in [0.25, 0.3) is 10.8 Å². The predicted molar refractivity (Wildman–Crippen MR) is 56.2 cm³/mol. The molecule has 0 amide bonds. The summed E-state index contributed by atoms with van der Waals surface area (Å²) in [5.74, 6) is 0. The third kappa shape index (κ3) is 0.974. The molecule has 13 heavy (non-hydrogen) atoms. The van der Waals surface area contributed by atoms with Gasteiger partial charge in [-0.1, -0.05) is 24.3 Å². The van der Waals surface area contributed by atoms with Gasteiger partial charge in [0.2, 0.25) is 0 Å². The Kier molecular flexibility index (Phi) is 1.51. The van der Waals surface area contributed by atoms with Gasteiger partial charge in [0, 0.05) is 10.3 Å². The van der Waals surface area contributed by atoms with Crippen molar-refractivity contribution in [3.05, 3.63) is 36.4 Å². The van der Waals surface area contributed by atoms with E-state index in [-0.39, 0.29) is 0 Å². The van der Waals surface area contributed by atoms with E-state index in [1.807, 2.05) is 24.3 Å². The Labute approximate surface area is 82.0 Å². The normalized spacial score (nSPS) is 19.5. The van der Waals surface area contributed by atoms with Crippen LogP contribution in [0.2, 0.25) is 0 Å². The van der Waals surface area contributed by atoms with Gasteiger partial charge in [-0.05, 0) is 28.3 Å². The summed E-state index contributed by atoms with van der Waals surface area (Å²) in [5.41, 5.74) is 0. The quantitative estimate of drug-likeness (QED) is 0.616. The number of rotatable bonds is 0. The van der Waals surface area contributed by atoms with E-state index in [0.29, 0.717) is 0 Å². The topological polar surface area (TPSA) is 17.1 Å². The maximum absolute atomic E-state index is 11.6. The van der Waals surface area contributed by atoms with Gasteiger partial charge in [0.1, 0.15) is 9.83 Å². The van der Waals surface area contributed by atoms with Crippen LogP contribution in [0.5, 0.6) is 0 Å². The third-order valence-electron chi connectivity index (χ3n) is 2.17. The van der Waals surface area contributed by atoms with Crippen molar-refractivity contribution in [2.75, 3.05) is 0 Å². The fourth-order valence-corrected chi connectivity index (χ4v) is 4.55. The van der Waals surface area contributed by atoms with E-state index in [2.05, 4.69) is 12.1 Å². The zero-order valence-corrected chi connectivity index (χ0v) is 8.32. The highest BCUT2D eigenvalue weighted by Crippen LogP contribution is 2.43. The molecule has 0 fully saturated rings. The van der Waals surface area contributed by atoms with E-state index < -0.39 is 9.83 Å². The summed E-state index contributed by atoms with van der Waals surface area (Å²) in [5, 5.41) is 2.36. The predicted octanol–water partition coefficient (Wildman–Crippen LogP) is 2.97. The van der Waals surface area contributed by atoms with Crippen molar-refractivity contribution in [2.45, 2.75) is 9.79 Å². The van der Waals surface area contributed by atoms with Gasteiger partial charge in [-0.3, -0.25) is 0 Å². The van der Waals surface area contributed by atoms with Gasteiger partial charge in [0.15, 0.2) is 0 Å². The Hall–Kier alpha value is -0.800. The summed E-state index contributed by atoms with van der Waals surface area (Å²) in [6.07, 6.45) is 0. The molecule has 1 heterocycles. The molecule has 1 aliphatic heterocycles. The summed E-state index contributed by atoms with van der Waals surface area (Å²) < 4.78 is 11.6. The first-order chi connectivity index (χ1) is 6.36. The fraction of sp³-hybridized carbons (Fsp3) is 0. The van der Waals surface area contributed by atoms with Crippen LogP contribution in [-0.4, -0.2) is 4.21 Å². The lowest BCUT2D eigenvalue weighted by atomic mass is 10.1. The molecule has 0 aliphatic carbocycles. The van der Waals surface area contributed by atoms with Crippen molar-refractivity contribution in [3.8, 4) is 0 Å². The zero-order valence-electron chi connectivity index (χ0n) is 6.69. The lowest BCUT2D eigenvalue weighted by molar-refractivity contribution is 0.692. The molecule has 0 spiro atoms. The first-order valence-electron chi connectivity index (χ1n) is 3.98. The second-order valence-electron chi connectivity index (χ2n) is 2.93. The van der Waals surface area contributed by atoms with Gasteiger partial charge in [0.25, 0.3) is 0 Å². The molecule has 1 nitrogen and oxygen atoms in total. The smallest absolute Gasteiger partial charge is 0.118 e. The van der Waals surface area contributed by atoms with E-state index in [0.717, 1.165) is 9.79 Å². The van der Waals surface area contributed by atoms with E-state index in [1.54, 1.807) is 0 Å². The van der Waals surface area contributed by atoms with E-state index in [4.69, 9.17) is 0 Å². The van der Waals surface area contributed by atoms with Crippen LogP contribution >= 0.6 is 10.8 Å². The van der Waals surface area contributed by atoms with Crippen LogP contribution < -0.4 is 0 Å². The lowest BCUT2D eigenvalue weighted by Gasteiger charge is -1.96. The first kappa shape index (κ1) is 7.59. The molecule has 0 saturated heterocycles. The Balaban J connectivity index is 2.58. The molecule has 0 bridgehead atoms. The van der Waals surface area contributed by atoms with Crippen molar-refractivity contribution < 1.29 is 4.21 Å². The third-order valence-corrected chi connectivity index (χ3v) is 5.08. The molecule has 1 unspecified atom stereocenters. The number of hydrogen-bond acceptors (Lipinski definition) is 2. The fourth-order valence-electron chi connectivity index (χ4n) is 1.61. The second-order valence-corrected chi connectivity index (χ2v) is 5.85. The Morgan fingerprint density at radius 3 is 2.69 bits per heavy atom. The van der Waals surface area contributed by atoms with Crippen LogP contribution in [0.3, 0.4) is 0 Å². The average Bonchev–Trinajstić information content (AvgIpc) is 2.47. The van der Waals surface area contributed by atoms with Gasteiger partial charge in [-0.25, -0.2) is 4.21 Å². The Morgan fingerprint density at radius 1 is 1.08 bits per heavy atom. The molecule has 2 aromatic rings. The minimum Gasteiger partial charge on any atom is -0.242 e. The molecule has 0 N–H and O–H groups in total. The van der Waals surface area contributed by atoms with E-state index in [9.17, 15) is 4.21 Å². The highest BCUT2D eigenvalue weighted by Gasteiger charge is 2.20. The summed E-state index contributed by atoms with van der Waals surface area (Å²) in [6.45, 7) is 0. The van der Waals surface area contributed by atoms with E-state index >= 15 is 0 Å². The van der Waals surface area contributed by atoms with Crippen LogP contribution in [-0.2, 0) is 9.83 Å². The molecular formula is C10H6OS2. The summed E-state index contributed by atoms with van der Waals surface area (Å²) in [4.78, 5) is 2.12. The monoisotopic (exact) mass is 206 g/mol. The van der Waals surface area contributed by atoms with Gasteiger partial charge in [0.05, 0.1) is 4.90 Å². The molecule has 0 saturated carbocycles. The van der Waals surface area contributed by atoms with Gasteiger partial charge >= 0.3 is 0 Å². The largest absolute Gasteiger partial charge is 0.242 e. The Bertz CT molecular complexity index is 514. The SMILES string of the molecule is O=S1Sc2cccc3cccc1c23. The number of hydrogen-bond donors (Lipinski definition) is 0. The molecule has 2 aromatic carbocycles. The lowest BCUT2D eigenvalue weighted by Crippen LogP contribution is -1.78. The van der Waals surface area contributed by atoms with Crippen LogP contribution in [0.4, 0.5) is 0 Å².